The Morgan fingerprint density at radius 2 is 1.57 bits per heavy atom. The van der Waals surface area contributed by atoms with E-state index in [1.807, 2.05) is 73.6 Å². The van der Waals surface area contributed by atoms with Crippen molar-refractivity contribution in [2.45, 2.75) is 19.5 Å². The Morgan fingerprint density at radius 1 is 0.964 bits per heavy atom. The molecular formula is C22H30N4O2. The van der Waals surface area contributed by atoms with Gasteiger partial charge in [0.1, 0.15) is 5.75 Å². The summed E-state index contributed by atoms with van der Waals surface area (Å²) >= 11 is 0. The lowest BCUT2D eigenvalue weighted by atomic mass is 10.2. The highest BCUT2D eigenvalue weighted by Crippen LogP contribution is 2.12. The second-order valence-corrected chi connectivity index (χ2v) is 6.66. The molecule has 0 heterocycles. The minimum atomic E-state index is 0.101. The van der Waals surface area contributed by atoms with Crippen molar-refractivity contribution in [3.63, 3.8) is 0 Å². The molecule has 6 nitrogen and oxygen atoms in total. The third kappa shape index (κ3) is 6.61. The Kier molecular flexibility index (Phi) is 8.34. The van der Waals surface area contributed by atoms with Crippen LogP contribution >= 0.6 is 0 Å². The number of guanidine groups is 1. The molecule has 0 unspecified atom stereocenters. The highest BCUT2D eigenvalue weighted by Gasteiger charge is 2.11. The van der Waals surface area contributed by atoms with Crippen LogP contribution in [0.4, 0.5) is 0 Å². The van der Waals surface area contributed by atoms with E-state index in [1.54, 1.807) is 19.1 Å². The van der Waals surface area contributed by atoms with Gasteiger partial charge in [0.25, 0.3) is 0 Å². The molecule has 0 fully saturated rings. The van der Waals surface area contributed by atoms with Crippen LogP contribution < -0.4 is 10.1 Å². The zero-order chi connectivity index (χ0) is 20.4. The van der Waals surface area contributed by atoms with Gasteiger partial charge < -0.3 is 19.9 Å². The predicted octanol–water partition coefficient (Wildman–Crippen LogP) is 2.75. The average molecular weight is 383 g/mol. The number of ether oxygens (including phenoxy) is 1. The third-order valence-electron chi connectivity index (χ3n) is 4.46. The molecule has 1 N–H and O–H groups in total. The van der Waals surface area contributed by atoms with E-state index >= 15 is 0 Å². The fourth-order valence-electron chi connectivity index (χ4n) is 2.88. The van der Waals surface area contributed by atoms with Gasteiger partial charge in [0.2, 0.25) is 5.91 Å². The highest BCUT2D eigenvalue weighted by molar-refractivity contribution is 5.81. The molecule has 0 saturated carbocycles. The largest absolute Gasteiger partial charge is 0.497 e. The topological polar surface area (TPSA) is 57.2 Å². The molecular weight excluding hydrogens is 352 g/mol. The van der Waals surface area contributed by atoms with Crippen LogP contribution in [0.25, 0.3) is 0 Å². The first-order chi connectivity index (χ1) is 13.5. The second kappa shape index (κ2) is 11.0. The molecule has 0 aromatic heterocycles. The van der Waals surface area contributed by atoms with Gasteiger partial charge in [-0.15, -0.1) is 0 Å². The van der Waals surface area contributed by atoms with Crippen LogP contribution in [0.15, 0.2) is 59.6 Å². The molecule has 0 saturated heterocycles. The molecule has 2 aromatic carbocycles. The standard InChI is InChI=1S/C22H30N4O2/c1-23-22(26(3)17-19-10-12-20(28-4)13-11-19)24-15-14-21(27)25(2)16-18-8-6-5-7-9-18/h5-13H,14-17H2,1-4H3,(H,23,24). The monoisotopic (exact) mass is 382 g/mol. The van der Waals surface area contributed by atoms with Crippen LogP contribution in [0, 0.1) is 0 Å². The minimum Gasteiger partial charge on any atom is -0.497 e. The number of methoxy groups -OCH3 is 1. The Hall–Kier alpha value is -3.02. The summed E-state index contributed by atoms with van der Waals surface area (Å²) in [7, 11) is 7.21. The highest BCUT2D eigenvalue weighted by atomic mass is 16.5. The number of hydrogen-bond acceptors (Lipinski definition) is 3. The summed E-state index contributed by atoms with van der Waals surface area (Å²) < 4.78 is 5.19. The number of aliphatic imine (C=N–C) groups is 1. The van der Waals surface area contributed by atoms with Crippen LogP contribution in [0.1, 0.15) is 17.5 Å². The number of nitrogens with one attached hydrogen (secondary N) is 1. The number of nitrogens with zero attached hydrogens (tertiary/aromatic N) is 3. The molecule has 6 heteroatoms. The quantitative estimate of drug-likeness (QED) is 0.563. The lowest BCUT2D eigenvalue weighted by Crippen LogP contribution is -2.40. The van der Waals surface area contributed by atoms with E-state index < -0.39 is 0 Å². The summed E-state index contributed by atoms with van der Waals surface area (Å²) in [4.78, 5) is 20.4. The molecule has 0 bridgehead atoms. The van der Waals surface area contributed by atoms with Crippen LogP contribution in [0.3, 0.4) is 0 Å². The summed E-state index contributed by atoms with van der Waals surface area (Å²) in [6, 6.07) is 17.9. The second-order valence-electron chi connectivity index (χ2n) is 6.66. The van der Waals surface area contributed by atoms with Crippen molar-refractivity contribution < 1.29 is 9.53 Å². The Bertz CT molecular complexity index is 760. The zero-order valence-electron chi connectivity index (χ0n) is 17.2. The van der Waals surface area contributed by atoms with E-state index in [0.29, 0.717) is 26.1 Å². The maximum atomic E-state index is 12.4. The van der Waals surface area contributed by atoms with Gasteiger partial charge in [-0.2, -0.15) is 0 Å². The molecule has 0 aliphatic heterocycles. The van der Waals surface area contributed by atoms with Gasteiger partial charge in [0.05, 0.1) is 7.11 Å². The first kappa shape index (κ1) is 21.3. The zero-order valence-corrected chi connectivity index (χ0v) is 17.2. The van der Waals surface area contributed by atoms with Crippen molar-refractivity contribution in [2.24, 2.45) is 4.99 Å². The molecule has 150 valence electrons. The first-order valence-corrected chi connectivity index (χ1v) is 9.36. The van der Waals surface area contributed by atoms with E-state index in [2.05, 4.69) is 10.3 Å². The summed E-state index contributed by atoms with van der Waals surface area (Å²) in [6.45, 7) is 1.87. The number of benzene rings is 2. The van der Waals surface area contributed by atoms with E-state index in [0.717, 1.165) is 22.8 Å². The number of carbonyl (C=O) groups excluding carboxylic acids is 1. The van der Waals surface area contributed by atoms with E-state index in [-0.39, 0.29) is 5.91 Å². The Morgan fingerprint density at radius 3 is 2.18 bits per heavy atom. The maximum Gasteiger partial charge on any atom is 0.224 e. The van der Waals surface area contributed by atoms with E-state index in [1.165, 1.54) is 0 Å². The molecule has 28 heavy (non-hydrogen) atoms. The third-order valence-corrected chi connectivity index (χ3v) is 4.46. The Labute approximate surface area is 167 Å². The van der Waals surface area contributed by atoms with Crippen molar-refractivity contribution in [3.8, 4) is 5.75 Å². The van der Waals surface area contributed by atoms with Crippen molar-refractivity contribution in [2.75, 3.05) is 34.8 Å². The molecule has 0 spiro atoms. The molecule has 0 aliphatic rings. The molecule has 2 rings (SSSR count). The summed E-state index contributed by atoms with van der Waals surface area (Å²) in [6.07, 6.45) is 0.415. The Balaban J connectivity index is 1.78. The molecule has 2 aromatic rings. The lowest BCUT2D eigenvalue weighted by Gasteiger charge is -2.23. The number of carbonyl (C=O) groups is 1. The number of amides is 1. The van der Waals surface area contributed by atoms with Crippen molar-refractivity contribution in [3.05, 3.63) is 65.7 Å². The fourth-order valence-corrected chi connectivity index (χ4v) is 2.88. The fraction of sp³-hybridized carbons (Fsp3) is 0.364. The SMILES string of the molecule is CN=C(NCCC(=O)N(C)Cc1ccccc1)N(C)Cc1ccc(OC)cc1. The van der Waals surface area contributed by atoms with Gasteiger partial charge in [0.15, 0.2) is 5.96 Å². The molecule has 0 radical (unpaired) electrons. The van der Waals surface area contributed by atoms with Gasteiger partial charge in [-0.25, -0.2) is 0 Å². The molecule has 0 atom stereocenters. The van der Waals surface area contributed by atoms with Gasteiger partial charge in [-0.3, -0.25) is 9.79 Å². The summed E-state index contributed by atoms with van der Waals surface area (Å²) in [5.74, 6) is 1.70. The average Bonchev–Trinajstić information content (AvgIpc) is 2.72. The number of rotatable bonds is 8. The lowest BCUT2D eigenvalue weighted by molar-refractivity contribution is -0.130. The van der Waals surface area contributed by atoms with Gasteiger partial charge >= 0.3 is 0 Å². The number of hydrogen-bond donors (Lipinski definition) is 1. The van der Waals surface area contributed by atoms with Crippen molar-refractivity contribution in [1.82, 2.24) is 15.1 Å². The van der Waals surface area contributed by atoms with Crippen LogP contribution in [-0.4, -0.2) is 56.5 Å². The van der Waals surface area contributed by atoms with E-state index in [4.69, 9.17) is 4.74 Å². The van der Waals surface area contributed by atoms with Crippen LogP contribution in [0.5, 0.6) is 5.75 Å². The normalized spacial score (nSPS) is 11.1. The molecule has 1 amide bonds. The smallest absolute Gasteiger partial charge is 0.224 e. The van der Waals surface area contributed by atoms with Gasteiger partial charge in [-0.05, 0) is 23.3 Å². The summed E-state index contributed by atoms with van der Waals surface area (Å²) in [5, 5.41) is 3.27. The summed E-state index contributed by atoms with van der Waals surface area (Å²) in [5.41, 5.74) is 2.28. The maximum absolute atomic E-state index is 12.4. The van der Waals surface area contributed by atoms with Gasteiger partial charge in [-0.1, -0.05) is 42.5 Å². The van der Waals surface area contributed by atoms with E-state index in [9.17, 15) is 4.79 Å². The van der Waals surface area contributed by atoms with Crippen LogP contribution in [0.2, 0.25) is 0 Å². The van der Waals surface area contributed by atoms with Gasteiger partial charge in [0, 0.05) is 47.2 Å². The predicted molar refractivity (Wildman–Crippen MR) is 113 cm³/mol. The molecule has 0 aliphatic carbocycles. The van der Waals surface area contributed by atoms with Crippen molar-refractivity contribution >= 4 is 11.9 Å². The minimum absolute atomic E-state index is 0.101. The van der Waals surface area contributed by atoms with Crippen LogP contribution in [-0.2, 0) is 17.9 Å². The van der Waals surface area contributed by atoms with Crippen molar-refractivity contribution in [1.29, 1.82) is 0 Å². The first-order valence-electron chi connectivity index (χ1n) is 9.36.